The standard InChI is InChI=1S/C24H24N4OS/c1-3-7-19(8-4-1)23-25-21(17-29-23)15-27-11-13-28(14-12-27)16-22-18-30-24(26-22)20-9-5-2-6-10-20/h1-10,17-18H,11-16H2. The molecule has 0 aliphatic carbocycles. The molecule has 0 unspecified atom stereocenters. The van der Waals surface area contributed by atoms with Crippen molar-refractivity contribution in [2.75, 3.05) is 26.2 Å². The Hall–Kier alpha value is -2.80. The predicted molar refractivity (Wildman–Crippen MR) is 120 cm³/mol. The van der Waals surface area contributed by atoms with Crippen molar-refractivity contribution in [3.05, 3.63) is 83.7 Å². The van der Waals surface area contributed by atoms with Crippen LogP contribution in [0.1, 0.15) is 11.4 Å². The fourth-order valence-electron chi connectivity index (χ4n) is 3.75. The zero-order valence-electron chi connectivity index (χ0n) is 16.8. The number of piperazine rings is 1. The minimum atomic E-state index is 0.696. The molecule has 1 aliphatic rings. The summed E-state index contributed by atoms with van der Waals surface area (Å²) in [6.45, 7) is 5.90. The minimum absolute atomic E-state index is 0.696. The highest BCUT2D eigenvalue weighted by atomic mass is 32.1. The van der Waals surface area contributed by atoms with E-state index in [9.17, 15) is 0 Å². The second-order valence-electron chi connectivity index (χ2n) is 7.57. The van der Waals surface area contributed by atoms with Gasteiger partial charge < -0.3 is 4.42 Å². The van der Waals surface area contributed by atoms with Crippen LogP contribution in [-0.2, 0) is 13.1 Å². The average molecular weight is 417 g/mol. The fourth-order valence-corrected chi connectivity index (χ4v) is 4.57. The zero-order valence-corrected chi connectivity index (χ0v) is 17.6. The fraction of sp³-hybridized carbons (Fsp3) is 0.250. The van der Waals surface area contributed by atoms with Crippen molar-refractivity contribution in [2.45, 2.75) is 13.1 Å². The maximum atomic E-state index is 5.68. The van der Waals surface area contributed by atoms with Gasteiger partial charge in [-0.2, -0.15) is 0 Å². The second kappa shape index (κ2) is 8.92. The second-order valence-corrected chi connectivity index (χ2v) is 8.43. The Morgan fingerprint density at radius 2 is 1.33 bits per heavy atom. The van der Waals surface area contributed by atoms with E-state index in [0.29, 0.717) is 5.89 Å². The van der Waals surface area contributed by atoms with Crippen molar-refractivity contribution in [1.29, 1.82) is 0 Å². The molecule has 0 radical (unpaired) electrons. The van der Waals surface area contributed by atoms with Gasteiger partial charge in [0.15, 0.2) is 0 Å². The van der Waals surface area contributed by atoms with Gasteiger partial charge in [0.05, 0.1) is 11.4 Å². The van der Waals surface area contributed by atoms with Crippen LogP contribution in [0.15, 0.2) is 76.7 Å². The number of oxazole rings is 1. The molecule has 0 spiro atoms. The molecule has 1 saturated heterocycles. The molecular weight excluding hydrogens is 392 g/mol. The number of thiazole rings is 1. The third-order valence-corrected chi connectivity index (χ3v) is 6.32. The number of rotatable bonds is 6. The first-order valence-electron chi connectivity index (χ1n) is 10.3. The van der Waals surface area contributed by atoms with Crippen LogP contribution in [0.3, 0.4) is 0 Å². The molecule has 3 heterocycles. The summed E-state index contributed by atoms with van der Waals surface area (Å²) in [6, 6.07) is 20.5. The van der Waals surface area contributed by atoms with Crippen LogP contribution in [0.2, 0.25) is 0 Å². The van der Waals surface area contributed by atoms with E-state index in [4.69, 9.17) is 9.40 Å². The largest absolute Gasteiger partial charge is 0.444 e. The van der Waals surface area contributed by atoms with Crippen LogP contribution in [0.25, 0.3) is 22.0 Å². The lowest BCUT2D eigenvalue weighted by Gasteiger charge is -2.33. The number of hydrogen-bond acceptors (Lipinski definition) is 6. The molecular formula is C24H24N4OS. The molecule has 1 aliphatic heterocycles. The Balaban J connectivity index is 1.13. The Labute approximate surface area is 180 Å². The lowest BCUT2D eigenvalue weighted by Crippen LogP contribution is -2.45. The molecule has 6 heteroatoms. The summed E-state index contributed by atoms with van der Waals surface area (Å²) < 4.78 is 5.68. The van der Waals surface area contributed by atoms with Crippen molar-refractivity contribution in [3.8, 4) is 22.0 Å². The highest BCUT2D eigenvalue weighted by Gasteiger charge is 2.19. The molecule has 5 nitrogen and oxygen atoms in total. The topological polar surface area (TPSA) is 45.4 Å². The van der Waals surface area contributed by atoms with Gasteiger partial charge >= 0.3 is 0 Å². The van der Waals surface area contributed by atoms with Crippen LogP contribution >= 0.6 is 11.3 Å². The first kappa shape index (κ1) is 19.2. The van der Waals surface area contributed by atoms with Crippen LogP contribution in [-0.4, -0.2) is 45.9 Å². The Bertz CT molecular complexity index is 981. The predicted octanol–water partition coefficient (Wildman–Crippen LogP) is 4.78. The molecule has 2 aromatic heterocycles. The Kier molecular flexibility index (Phi) is 5.70. The SMILES string of the molecule is c1ccc(-c2nc(CN3CCN(Cc4csc(-c5ccccc5)n4)CC3)co2)cc1. The van der Waals surface area contributed by atoms with Crippen LogP contribution in [0, 0.1) is 0 Å². The third kappa shape index (κ3) is 4.51. The monoisotopic (exact) mass is 416 g/mol. The van der Waals surface area contributed by atoms with E-state index in [0.717, 1.165) is 61.2 Å². The average Bonchev–Trinajstić information content (AvgIpc) is 3.46. The third-order valence-electron chi connectivity index (χ3n) is 5.38. The summed E-state index contributed by atoms with van der Waals surface area (Å²) in [6.07, 6.45) is 1.79. The first-order valence-corrected chi connectivity index (χ1v) is 11.2. The molecule has 4 aromatic rings. The number of aromatic nitrogens is 2. The van der Waals surface area contributed by atoms with E-state index in [2.05, 4.69) is 44.4 Å². The molecule has 0 atom stereocenters. The number of nitrogens with zero attached hydrogens (tertiary/aromatic N) is 4. The van der Waals surface area contributed by atoms with Gasteiger partial charge in [0.25, 0.3) is 0 Å². The van der Waals surface area contributed by atoms with Crippen molar-refractivity contribution < 1.29 is 4.42 Å². The highest BCUT2D eigenvalue weighted by molar-refractivity contribution is 7.13. The summed E-state index contributed by atoms with van der Waals surface area (Å²) in [4.78, 5) is 14.4. The van der Waals surface area contributed by atoms with Crippen molar-refractivity contribution >= 4 is 11.3 Å². The lowest BCUT2D eigenvalue weighted by molar-refractivity contribution is 0.120. The van der Waals surface area contributed by atoms with Gasteiger partial charge in [-0.25, -0.2) is 9.97 Å². The number of hydrogen-bond donors (Lipinski definition) is 0. The van der Waals surface area contributed by atoms with Crippen molar-refractivity contribution in [3.63, 3.8) is 0 Å². The smallest absolute Gasteiger partial charge is 0.226 e. The summed E-state index contributed by atoms with van der Waals surface area (Å²) in [5.74, 6) is 0.696. The summed E-state index contributed by atoms with van der Waals surface area (Å²) in [7, 11) is 0. The molecule has 30 heavy (non-hydrogen) atoms. The maximum absolute atomic E-state index is 5.68. The van der Waals surface area contributed by atoms with Gasteiger partial charge in [0, 0.05) is 55.8 Å². The molecule has 5 rings (SSSR count). The van der Waals surface area contributed by atoms with Gasteiger partial charge in [-0.05, 0) is 12.1 Å². The molecule has 2 aromatic carbocycles. The van der Waals surface area contributed by atoms with Crippen LogP contribution in [0.4, 0.5) is 0 Å². The Morgan fingerprint density at radius 1 is 0.733 bits per heavy atom. The van der Waals surface area contributed by atoms with E-state index >= 15 is 0 Å². The normalized spacial score (nSPS) is 15.5. The van der Waals surface area contributed by atoms with E-state index < -0.39 is 0 Å². The van der Waals surface area contributed by atoms with Gasteiger partial charge in [0.1, 0.15) is 11.3 Å². The summed E-state index contributed by atoms with van der Waals surface area (Å²) in [5.41, 5.74) is 4.37. The molecule has 1 fully saturated rings. The Morgan fingerprint density at radius 3 is 2.00 bits per heavy atom. The maximum Gasteiger partial charge on any atom is 0.226 e. The van der Waals surface area contributed by atoms with Gasteiger partial charge in [-0.15, -0.1) is 11.3 Å². The van der Waals surface area contributed by atoms with E-state index in [1.165, 1.54) is 5.56 Å². The minimum Gasteiger partial charge on any atom is -0.444 e. The molecule has 0 N–H and O–H groups in total. The summed E-state index contributed by atoms with van der Waals surface area (Å²) in [5, 5.41) is 3.29. The number of benzene rings is 2. The molecule has 0 saturated carbocycles. The van der Waals surface area contributed by atoms with Crippen molar-refractivity contribution in [2.24, 2.45) is 0 Å². The first-order chi connectivity index (χ1) is 14.8. The van der Waals surface area contributed by atoms with E-state index in [1.54, 1.807) is 17.6 Å². The van der Waals surface area contributed by atoms with Crippen LogP contribution < -0.4 is 0 Å². The molecule has 0 amide bonds. The molecule has 152 valence electrons. The quantitative estimate of drug-likeness (QED) is 0.452. The van der Waals surface area contributed by atoms with Gasteiger partial charge in [0.2, 0.25) is 5.89 Å². The van der Waals surface area contributed by atoms with E-state index in [1.807, 2.05) is 36.4 Å². The van der Waals surface area contributed by atoms with Gasteiger partial charge in [-0.1, -0.05) is 48.5 Å². The van der Waals surface area contributed by atoms with Crippen LogP contribution in [0.5, 0.6) is 0 Å². The zero-order chi connectivity index (χ0) is 20.2. The van der Waals surface area contributed by atoms with E-state index in [-0.39, 0.29) is 0 Å². The van der Waals surface area contributed by atoms with Crippen molar-refractivity contribution in [1.82, 2.24) is 19.8 Å². The molecule has 0 bridgehead atoms. The van der Waals surface area contributed by atoms with Gasteiger partial charge in [-0.3, -0.25) is 9.80 Å². The summed E-state index contributed by atoms with van der Waals surface area (Å²) >= 11 is 1.73. The highest BCUT2D eigenvalue weighted by Crippen LogP contribution is 2.24. The lowest BCUT2D eigenvalue weighted by atomic mass is 10.2.